The molecule has 0 saturated heterocycles. The molecule has 0 spiro atoms. The van der Waals surface area contributed by atoms with Gasteiger partial charge in [-0.3, -0.25) is 10.1 Å². The SMILES string of the molecule is CC(C)CC(C)N(C)CC(NC(C)C)(C(N)=O)C1CC1. The van der Waals surface area contributed by atoms with E-state index in [1.165, 1.54) is 0 Å². The van der Waals surface area contributed by atoms with Gasteiger partial charge >= 0.3 is 0 Å². The van der Waals surface area contributed by atoms with Gasteiger partial charge in [0.2, 0.25) is 5.91 Å². The zero-order chi connectivity index (χ0) is 15.5. The fourth-order valence-electron chi connectivity index (χ4n) is 3.15. The number of primary amides is 1. The summed E-state index contributed by atoms with van der Waals surface area (Å²) in [5.74, 6) is 0.864. The summed E-state index contributed by atoms with van der Waals surface area (Å²) in [6.45, 7) is 11.6. The molecule has 1 aliphatic carbocycles. The molecule has 1 amide bonds. The number of hydrogen-bond acceptors (Lipinski definition) is 3. The minimum Gasteiger partial charge on any atom is -0.368 e. The van der Waals surface area contributed by atoms with Gasteiger partial charge in [0, 0.05) is 18.6 Å². The Morgan fingerprint density at radius 2 is 1.85 bits per heavy atom. The van der Waals surface area contributed by atoms with E-state index in [2.05, 4.69) is 51.9 Å². The average Bonchev–Trinajstić information content (AvgIpc) is 3.09. The normalized spacial score (nSPS) is 20.4. The second-order valence-electron chi connectivity index (χ2n) is 7.30. The van der Waals surface area contributed by atoms with E-state index in [1.54, 1.807) is 0 Å². The van der Waals surface area contributed by atoms with E-state index in [1.807, 2.05) is 0 Å². The van der Waals surface area contributed by atoms with E-state index in [4.69, 9.17) is 5.73 Å². The van der Waals surface area contributed by atoms with Crippen molar-refractivity contribution >= 4 is 5.91 Å². The van der Waals surface area contributed by atoms with Crippen LogP contribution in [0.2, 0.25) is 0 Å². The first-order chi connectivity index (χ1) is 9.19. The van der Waals surface area contributed by atoms with Crippen LogP contribution in [0.4, 0.5) is 0 Å². The highest BCUT2D eigenvalue weighted by atomic mass is 16.1. The Hall–Kier alpha value is -0.610. The van der Waals surface area contributed by atoms with Crippen molar-refractivity contribution in [2.24, 2.45) is 17.6 Å². The number of amides is 1. The van der Waals surface area contributed by atoms with Crippen molar-refractivity contribution in [2.45, 2.75) is 71.5 Å². The molecule has 2 atom stereocenters. The maximum Gasteiger partial charge on any atom is 0.239 e. The van der Waals surface area contributed by atoms with Crippen molar-refractivity contribution in [3.05, 3.63) is 0 Å². The van der Waals surface area contributed by atoms with E-state index in [-0.39, 0.29) is 11.9 Å². The Morgan fingerprint density at radius 1 is 1.30 bits per heavy atom. The second-order valence-corrected chi connectivity index (χ2v) is 7.30. The molecule has 0 heterocycles. The Labute approximate surface area is 124 Å². The molecule has 20 heavy (non-hydrogen) atoms. The Balaban J connectivity index is 2.80. The molecule has 0 aromatic carbocycles. The maximum absolute atomic E-state index is 12.2. The molecule has 4 nitrogen and oxygen atoms in total. The van der Waals surface area contributed by atoms with Crippen LogP contribution in [0.3, 0.4) is 0 Å². The lowest BCUT2D eigenvalue weighted by Crippen LogP contribution is -2.65. The summed E-state index contributed by atoms with van der Waals surface area (Å²) in [7, 11) is 2.11. The van der Waals surface area contributed by atoms with Gasteiger partial charge in [0.05, 0.1) is 0 Å². The van der Waals surface area contributed by atoms with E-state index < -0.39 is 5.54 Å². The predicted molar refractivity (Wildman–Crippen MR) is 84.5 cm³/mol. The van der Waals surface area contributed by atoms with Crippen LogP contribution in [0.25, 0.3) is 0 Å². The van der Waals surface area contributed by atoms with Gasteiger partial charge in [-0.05, 0) is 58.9 Å². The van der Waals surface area contributed by atoms with Crippen LogP contribution in [0.1, 0.15) is 53.9 Å². The van der Waals surface area contributed by atoms with Crippen molar-refractivity contribution < 1.29 is 4.79 Å². The quantitative estimate of drug-likeness (QED) is 0.680. The first kappa shape index (κ1) is 17.4. The third-order valence-electron chi connectivity index (χ3n) is 4.32. The van der Waals surface area contributed by atoms with E-state index in [0.717, 1.165) is 19.3 Å². The number of likely N-dealkylation sites (N-methyl/N-ethyl adjacent to an activating group) is 1. The lowest BCUT2D eigenvalue weighted by molar-refractivity contribution is -0.126. The Kier molecular flexibility index (Phi) is 6.02. The third-order valence-corrected chi connectivity index (χ3v) is 4.32. The topological polar surface area (TPSA) is 58.4 Å². The van der Waals surface area contributed by atoms with Crippen LogP contribution >= 0.6 is 0 Å². The van der Waals surface area contributed by atoms with E-state index >= 15 is 0 Å². The molecule has 1 saturated carbocycles. The lowest BCUT2D eigenvalue weighted by Gasteiger charge is -2.39. The first-order valence-electron chi connectivity index (χ1n) is 7.97. The van der Waals surface area contributed by atoms with Gasteiger partial charge in [-0.25, -0.2) is 0 Å². The van der Waals surface area contributed by atoms with Crippen LogP contribution in [-0.4, -0.2) is 42.0 Å². The van der Waals surface area contributed by atoms with Crippen molar-refractivity contribution in [1.82, 2.24) is 10.2 Å². The number of rotatable bonds is 9. The van der Waals surface area contributed by atoms with Crippen LogP contribution in [-0.2, 0) is 4.79 Å². The summed E-state index contributed by atoms with van der Waals surface area (Å²) < 4.78 is 0. The summed E-state index contributed by atoms with van der Waals surface area (Å²) in [6, 6.07) is 0.721. The second kappa shape index (κ2) is 6.90. The first-order valence-corrected chi connectivity index (χ1v) is 7.97. The summed E-state index contributed by atoms with van der Waals surface area (Å²) in [5, 5.41) is 3.48. The highest BCUT2D eigenvalue weighted by Crippen LogP contribution is 2.40. The molecule has 4 heteroatoms. The predicted octanol–water partition coefficient (Wildman–Crippen LogP) is 1.98. The average molecular weight is 283 g/mol. The van der Waals surface area contributed by atoms with Crippen molar-refractivity contribution in [3.63, 3.8) is 0 Å². The molecule has 0 aliphatic heterocycles. The summed E-state index contributed by atoms with van der Waals surface area (Å²) in [4.78, 5) is 14.4. The molecular weight excluding hydrogens is 250 g/mol. The highest BCUT2D eigenvalue weighted by Gasteiger charge is 2.50. The van der Waals surface area contributed by atoms with Gasteiger partial charge in [-0.15, -0.1) is 0 Å². The van der Waals surface area contributed by atoms with E-state index in [9.17, 15) is 4.79 Å². The fourth-order valence-corrected chi connectivity index (χ4v) is 3.15. The molecule has 1 rings (SSSR count). The number of nitrogens with two attached hydrogens (primary N) is 1. The molecule has 118 valence electrons. The van der Waals surface area contributed by atoms with Gasteiger partial charge in [0.25, 0.3) is 0 Å². The number of hydrogen-bond donors (Lipinski definition) is 2. The molecule has 0 aromatic rings. The molecule has 0 aromatic heterocycles. The minimum atomic E-state index is -0.561. The molecule has 0 radical (unpaired) electrons. The molecule has 1 aliphatic rings. The molecule has 2 unspecified atom stereocenters. The largest absolute Gasteiger partial charge is 0.368 e. The lowest BCUT2D eigenvalue weighted by atomic mass is 9.89. The van der Waals surface area contributed by atoms with Crippen LogP contribution in [0.5, 0.6) is 0 Å². The summed E-state index contributed by atoms with van der Waals surface area (Å²) in [5.41, 5.74) is 5.22. The Bertz CT molecular complexity index is 326. The van der Waals surface area contributed by atoms with Crippen molar-refractivity contribution in [3.8, 4) is 0 Å². The molecule has 3 N–H and O–H groups in total. The molecule has 1 fully saturated rings. The molecular formula is C16H33N3O. The van der Waals surface area contributed by atoms with Gasteiger partial charge < -0.3 is 10.6 Å². The molecule has 0 bridgehead atoms. The van der Waals surface area contributed by atoms with Gasteiger partial charge in [-0.1, -0.05) is 13.8 Å². The zero-order valence-electron chi connectivity index (χ0n) is 14.1. The monoisotopic (exact) mass is 283 g/mol. The number of carbonyl (C=O) groups excluding carboxylic acids is 1. The zero-order valence-corrected chi connectivity index (χ0v) is 14.1. The van der Waals surface area contributed by atoms with Crippen LogP contribution < -0.4 is 11.1 Å². The van der Waals surface area contributed by atoms with Gasteiger partial charge in [0.1, 0.15) is 5.54 Å². The maximum atomic E-state index is 12.2. The number of nitrogens with zero attached hydrogens (tertiary/aromatic N) is 1. The third kappa shape index (κ3) is 4.45. The van der Waals surface area contributed by atoms with Crippen molar-refractivity contribution in [1.29, 1.82) is 0 Å². The minimum absolute atomic E-state index is 0.197. The van der Waals surface area contributed by atoms with Gasteiger partial charge in [-0.2, -0.15) is 0 Å². The van der Waals surface area contributed by atoms with Crippen LogP contribution in [0.15, 0.2) is 0 Å². The number of nitrogens with one attached hydrogen (secondary N) is 1. The smallest absolute Gasteiger partial charge is 0.239 e. The standard InChI is InChI=1S/C16H33N3O/c1-11(2)9-13(5)19(6)10-16(15(17)20,14-7-8-14)18-12(3)4/h11-14,18H,7-10H2,1-6H3,(H2,17,20). The number of carbonyl (C=O) groups is 1. The fraction of sp³-hybridized carbons (Fsp3) is 0.938. The highest BCUT2D eigenvalue weighted by molar-refractivity contribution is 5.86. The summed E-state index contributed by atoms with van der Waals surface area (Å²) >= 11 is 0. The summed E-state index contributed by atoms with van der Waals surface area (Å²) in [6.07, 6.45) is 3.35. The van der Waals surface area contributed by atoms with Crippen molar-refractivity contribution in [2.75, 3.05) is 13.6 Å². The van der Waals surface area contributed by atoms with E-state index in [0.29, 0.717) is 24.4 Å². The van der Waals surface area contributed by atoms with Gasteiger partial charge in [0.15, 0.2) is 0 Å². The van der Waals surface area contributed by atoms with Crippen LogP contribution in [0, 0.1) is 11.8 Å². The Morgan fingerprint density at radius 3 is 2.20 bits per heavy atom.